The monoisotopic (exact) mass is 338 g/mol. The van der Waals surface area contributed by atoms with Gasteiger partial charge in [0.25, 0.3) is 5.91 Å². The summed E-state index contributed by atoms with van der Waals surface area (Å²) in [5, 5.41) is 2.72. The van der Waals surface area contributed by atoms with Crippen LogP contribution in [0.1, 0.15) is 36.7 Å². The molecule has 2 saturated heterocycles. The van der Waals surface area contributed by atoms with Gasteiger partial charge in [-0.1, -0.05) is 6.92 Å². The number of hydrogen-bond donors (Lipinski definition) is 1. The summed E-state index contributed by atoms with van der Waals surface area (Å²) < 4.78 is 22.8. The quantitative estimate of drug-likeness (QED) is 0.869. The first-order valence-corrected chi connectivity index (χ1v) is 9.83. The van der Waals surface area contributed by atoms with Crippen molar-refractivity contribution in [3.05, 3.63) is 18.1 Å². The number of aromatic nitrogens is 2. The number of carbonyl (C=O) groups excluding carboxylic acids is 1. The highest BCUT2D eigenvalue weighted by molar-refractivity contribution is 7.91. The van der Waals surface area contributed by atoms with E-state index in [0.29, 0.717) is 6.42 Å². The summed E-state index contributed by atoms with van der Waals surface area (Å²) in [5.74, 6) is 1.31. The zero-order valence-corrected chi connectivity index (χ0v) is 14.1. The Labute approximate surface area is 136 Å². The first kappa shape index (κ1) is 16.2. The van der Waals surface area contributed by atoms with E-state index >= 15 is 0 Å². The molecule has 3 heterocycles. The van der Waals surface area contributed by atoms with E-state index in [2.05, 4.69) is 27.1 Å². The molecule has 0 aliphatic carbocycles. The third kappa shape index (κ3) is 3.99. The van der Waals surface area contributed by atoms with Crippen molar-refractivity contribution in [2.75, 3.05) is 29.5 Å². The van der Waals surface area contributed by atoms with Gasteiger partial charge in [0.05, 0.1) is 23.9 Å². The Morgan fingerprint density at radius 2 is 1.96 bits per heavy atom. The predicted molar refractivity (Wildman–Crippen MR) is 87.2 cm³/mol. The van der Waals surface area contributed by atoms with Crippen molar-refractivity contribution >= 4 is 21.6 Å². The summed E-state index contributed by atoms with van der Waals surface area (Å²) in [6.07, 6.45) is 5.83. The van der Waals surface area contributed by atoms with Crippen LogP contribution in [0.2, 0.25) is 0 Å². The van der Waals surface area contributed by atoms with Crippen LogP contribution in [0.25, 0.3) is 0 Å². The molecule has 2 fully saturated rings. The summed E-state index contributed by atoms with van der Waals surface area (Å²) in [6, 6.07) is -0.322. The summed E-state index contributed by atoms with van der Waals surface area (Å²) in [6.45, 7) is 4.17. The summed E-state index contributed by atoms with van der Waals surface area (Å²) >= 11 is 0. The molecule has 2 aliphatic heterocycles. The molecule has 1 aromatic heterocycles. The molecule has 0 saturated carbocycles. The second kappa shape index (κ2) is 6.43. The normalized spacial score (nSPS) is 24.6. The zero-order chi connectivity index (χ0) is 16.4. The lowest BCUT2D eigenvalue weighted by Gasteiger charge is -2.30. The number of piperidine rings is 1. The van der Waals surface area contributed by atoms with Crippen molar-refractivity contribution in [2.24, 2.45) is 5.92 Å². The summed E-state index contributed by atoms with van der Waals surface area (Å²) in [4.78, 5) is 22.8. The number of hydrogen-bond acceptors (Lipinski definition) is 6. The average molecular weight is 338 g/mol. The lowest BCUT2D eigenvalue weighted by molar-refractivity contribution is 0.0935. The van der Waals surface area contributed by atoms with Crippen molar-refractivity contribution in [3.8, 4) is 0 Å². The van der Waals surface area contributed by atoms with E-state index in [1.807, 2.05) is 0 Å². The number of anilines is 1. The minimum absolute atomic E-state index is 0.0101. The van der Waals surface area contributed by atoms with Gasteiger partial charge in [-0.25, -0.2) is 18.4 Å². The van der Waals surface area contributed by atoms with Crippen LogP contribution in [-0.2, 0) is 9.84 Å². The number of nitrogens with one attached hydrogen (secondary N) is 1. The molecule has 0 bridgehead atoms. The van der Waals surface area contributed by atoms with Gasteiger partial charge in [0.2, 0.25) is 0 Å². The number of carbonyl (C=O) groups is 1. The van der Waals surface area contributed by atoms with Gasteiger partial charge in [-0.15, -0.1) is 0 Å². The molecule has 3 rings (SSSR count). The number of sulfone groups is 1. The zero-order valence-electron chi connectivity index (χ0n) is 13.2. The maximum Gasteiger partial charge on any atom is 0.271 e. The Morgan fingerprint density at radius 3 is 2.52 bits per heavy atom. The molecule has 1 N–H and O–H groups in total. The van der Waals surface area contributed by atoms with Gasteiger partial charge in [-0.2, -0.15) is 0 Å². The van der Waals surface area contributed by atoms with Crippen LogP contribution >= 0.6 is 0 Å². The van der Waals surface area contributed by atoms with Crippen LogP contribution < -0.4 is 10.2 Å². The Hall–Kier alpha value is -1.70. The lowest BCUT2D eigenvalue weighted by Crippen LogP contribution is -2.36. The van der Waals surface area contributed by atoms with Crippen LogP contribution in [0.3, 0.4) is 0 Å². The molecular formula is C15H22N4O3S. The summed E-state index contributed by atoms with van der Waals surface area (Å²) in [7, 11) is -3.01. The molecule has 1 unspecified atom stereocenters. The minimum Gasteiger partial charge on any atom is -0.355 e. The van der Waals surface area contributed by atoms with Gasteiger partial charge in [-0.05, 0) is 25.2 Å². The fraction of sp³-hybridized carbons (Fsp3) is 0.667. The van der Waals surface area contributed by atoms with Crippen molar-refractivity contribution in [1.29, 1.82) is 0 Å². The molecular weight excluding hydrogens is 316 g/mol. The fourth-order valence-corrected chi connectivity index (χ4v) is 4.68. The Balaban J connectivity index is 1.59. The Bertz CT molecular complexity index is 666. The van der Waals surface area contributed by atoms with E-state index in [9.17, 15) is 13.2 Å². The van der Waals surface area contributed by atoms with Crippen LogP contribution in [0.4, 0.5) is 5.82 Å². The van der Waals surface area contributed by atoms with Crippen LogP contribution in [0, 0.1) is 5.92 Å². The number of nitrogens with zero attached hydrogens (tertiary/aromatic N) is 3. The van der Waals surface area contributed by atoms with Gasteiger partial charge in [-0.3, -0.25) is 4.79 Å². The molecule has 1 aromatic rings. The highest BCUT2D eigenvalue weighted by atomic mass is 32.2. The largest absolute Gasteiger partial charge is 0.355 e. The number of rotatable bonds is 3. The maximum atomic E-state index is 12.1. The molecule has 2 aliphatic rings. The molecule has 0 spiro atoms. The van der Waals surface area contributed by atoms with E-state index < -0.39 is 9.84 Å². The van der Waals surface area contributed by atoms with E-state index in [0.717, 1.165) is 37.7 Å². The smallest absolute Gasteiger partial charge is 0.271 e. The van der Waals surface area contributed by atoms with E-state index in [1.165, 1.54) is 6.20 Å². The highest BCUT2D eigenvalue weighted by Gasteiger charge is 2.29. The lowest BCUT2D eigenvalue weighted by atomic mass is 9.99. The fourth-order valence-electron chi connectivity index (χ4n) is 3.01. The average Bonchev–Trinajstić information content (AvgIpc) is 2.87. The van der Waals surface area contributed by atoms with Crippen molar-refractivity contribution < 1.29 is 13.2 Å². The third-order valence-corrected chi connectivity index (χ3v) is 6.31. The topological polar surface area (TPSA) is 92.3 Å². The van der Waals surface area contributed by atoms with Crippen LogP contribution in [-0.4, -0.2) is 54.9 Å². The second-order valence-corrected chi connectivity index (χ2v) is 8.73. The van der Waals surface area contributed by atoms with Crippen molar-refractivity contribution in [1.82, 2.24) is 15.3 Å². The van der Waals surface area contributed by atoms with Crippen LogP contribution in [0.15, 0.2) is 12.4 Å². The van der Waals surface area contributed by atoms with Crippen molar-refractivity contribution in [3.63, 3.8) is 0 Å². The third-order valence-electron chi connectivity index (χ3n) is 4.55. The first-order valence-electron chi connectivity index (χ1n) is 8.01. The molecule has 1 amide bonds. The number of amides is 1. The Morgan fingerprint density at radius 1 is 1.22 bits per heavy atom. The predicted octanol–water partition coefficient (Wildman–Crippen LogP) is 0.630. The van der Waals surface area contributed by atoms with E-state index in [1.54, 1.807) is 6.20 Å². The highest BCUT2D eigenvalue weighted by Crippen LogP contribution is 2.20. The molecule has 8 heteroatoms. The maximum absolute atomic E-state index is 12.1. The standard InChI is InChI=1S/C15H22N4O3S/c1-11-2-5-19(6-3-11)14-9-16-13(8-17-14)15(20)18-12-4-7-23(21,22)10-12/h8-9,11-12H,2-7,10H2,1H3,(H,18,20). The van der Waals surface area contributed by atoms with Gasteiger partial charge < -0.3 is 10.2 Å². The van der Waals surface area contributed by atoms with Gasteiger partial charge in [0.15, 0.2) is 9.84 Å². The summed E-state index contributed by atoms with van der Waals surface area (Å²) in [5.41, 5.74) is 0.225. The molecule has 7 nitrogen and oxygen atoms in total. The van der Waals surface area contributed by atoms with Crippen LogP contribution in [0.5, 0.6) is 0 Å². The molecule has 0 radical (unpaired) electrons. The van der Waals surface area contributed by atoms with Gasteiger partial charge in [0.1, 0.15) is 11.5 Å². The van der Waals surface area contributed by atoms with Gasteiger partial charge >= 0.3 is 0 Å². The SMILES string of the molecule is CC1CCN(c2cnc(C(=O)NC3CCS(=O)(=O)C3)cn2)CC1. The van der Waals surface area contributed by atoms with E-state index in [-0.39, 0.29) is 29.1 Å². The molecule has 23 heavy (non-hydrogen) atoms. The van der Waals surface area contributed by atoms with Crippen molar-refractivity contribution in [2.45, 2.75) is 32.2 Å². The first-order chi connectivity index (χ1) is 10.9. The van der Waals surface area contributed by atoms with E-state index in [4.69, 9.17) is 0 Å². The van der Waals surface area contributed by atoms with Gasteiger partial charge in [0, 0.05) is 19.1 Å². The Kier molecular flexibility index (Phi) is 4.52. The minimum atomic E-state index is -3.01. The molecule has 1 atom stereocenters. The molecule has 0 aromatic carbocycles. The molecule has 126 valence electrons. The second-order valence-electron chi connectivity index (χ2n) is 6.50.